The molecule has 6 nitrogen and oxygen atoms in total. The summed E-state index contributed by atoms with van der Waals surface area (Å²) in [6.45, 7) is 1.94. The Balaban J connectivity index is 2.34. The summed E-state index contributed by atoms with van der Waals surface area (Å²) in [6, 6.07) is 4.93. The standard InChI is InChI=1S/C13H17N3O3/c1-4-11-15-13(16-19-11)12(14)9-6-5-8(17-2)7-10(9)18-3/h5-7,12H,4,14H2,1-3H3. The van der Waals surface area contributed by atoms with Gasteiger partial charge in [-0.2, -0.15) is 4.98 Å². The van der Waals surface area contributed by atoms with Crippen molar-refractivity contribution in [3.8, 4) is 11.5 Å². The molecule has 1 aromatic carbocycles. The third-order valence-electron chi connectivity index (χ3n) is 2.84. The monoisotopic (exact) mass is 263 g/mol. The molecule has 0 saturated heterocycles. The van der Waals surface area contributed by atoms with Crippen LogP contribution in [0.2, 0.25) is 0 Å². The summed E-state index contributed by atoms with van der Waals surface area (Å²) in [7, 11) is 3.18. The smallest absolute Gasteiger partial charge is 0.226 e. The van der Waals surface area contributed by atoms with Crippen molar-refractivity contribution in [2.75, 3.05) is 14.2 Å². The Bertz CT molecular complexity index is 554. The molecule has 0 amide bonds. The maximum Gasteiger partial charge on any atom is 0.226 e. The lowest BCUT2D eigenvalue weighted by atomic mass is 10.1. The van der Waals surface area contributed by atoms with E-state index < -0.39 is 6.04 Å². The summed E-state index contributed by atoms with van der Waals surface area (Å²) in [4.78, 5) is 4.23. The second-order valence-corrected chi connectivity index (χ2v) is 3.99. The third-order valence-corrected chi connectivity index (χ3v) is 2.84. The van der Waals surface area contributed by atoms with Gasteiger partial charge in [-0.15, -0.1) is 0 Å². The van der Waals surface area contributed by atoms with Crippen LogP contribution in [0.4, 0.5) is 0 Å². The Hall–Kier alpha value is -2.08. The first kappa shape index (κ1) is 13.4. The number of hydrogen-bond acceptors (Lipinski definition) is 6. The normalized spacial score (nSPS) is 12.2. The number of nitrogens with two attached hydrogens (primary N) is 1. The zero-order valence-corrected chi connectivity index (χ0v) is 11.2. The lowest BCUT2D eigenvalue weighted by molar-refractivity contribution is 0.372. The van der Waals surface area contributed by atoms with Gasteiger partial charge in [0.25, 0.3) is 0 Å². The average Bonchev–Trinajstić information content (AvgIpc) is 2.94. The number of aromatic nitrogens is 2. The molecule has 2 rings (SSSR count). The summed E-state index contributed by atoms with van der Waals surface area (Å²) < 4.78 is 15.5. The van der Waals surface area contributed by atoms with Gasteiger partial charge in [0, 0.05) is 18.1 Å². The van der Waals surface area contributed by atoms with Crippen molar-refractivity contribution in [1.29, 1.82) is 0 Å². The van der Waals surface area contributed by atoms with Crippen LogP contribution in [-0.2, 0) is 6.42 Å². The first-order chi connectivity index (χ1) is 9.19. The Morgan fingerprint density at radius 2 is 2.11 bits per heavy atom. The Morgan fingerprint density at radius 3 is 2.68 bits per heavy atom. The molecule has 1 heterocycles. The molecule has 1 unspecified atom stereocenters. The van der Waals surface area contributed by atoms with Crippen LogP contribution >= 0.6 is 0 Å². The van der Waals surface area contributed by atoms with Crippen molar-refractivity contribution in [2.45, 2.75) is 19.4 Å². The van der Waals surface area contributed by atoms with Crippen molar-refractivity contribution in [3.63, 3.8) is 0 Å². The van der Waals surface area contributed by atoms with E-state index in [0.29, 0.717) is 29.6 Å². The van der Waals surface area contributed by atoms with Gasteiger partial charge in [0.15, 0.2) is 5.82 Å². The van der Waals surface area contributed by atoms with Crippen molar-refractivity contribution < 1.29 is 14.0 Å². The second-order valence-electron chi connectivity index (χ2n) is 3.99. The van der Waals surface area contributed by atoms with Gasteiger partial charge in [0.2, 0.25) is 5.89 Å². The van der Waals surface area contributed by atoms with Crippen LogP contribution in [0.3, 0.4) is 0 Å². The number of rotatable bonds is 5. The summed E-state index contributed by atoms with van der Waals surface area (Å²) in [5, 5.41) is 3.88. The van der Waals surface area contributed by atoms with E-state index in [2.05, 4.69) is 10.1 Å². The molecule has 0 aliphatic carbocycles. The van der Waals surface area contributed by atoms with E-state index in [9.17, 15) is 0 Å². The lowest BCUT2D eigenvalue weighted by Crippen LogP contribution is -2.14. The number of nitrogens with zero attached hydrogens (tertiary/aromatic N) is 2. The quantitative estimate of drug-likeness (QED) is 0.883. The van der Waals surface area contributed by atoms with Crippen molar-refractivity contribution in [1.82, 2.24) is 10.1 Å². The van der Waals surface area contributed by atoms with E-state index in [1.54, 1.807) is 20.3 Å². The highest BCUT2D eigenvalue weighted by molar-refractivity contribution is 5.44. The van der Waals surface area contributed by atoms with Crippen LogP contribution in [0, 0.1) is 0 Å². The van der Waals surface area contributed by atoms with Crippen LogP contribution in [0.5, 0.6) is 11.5 Å². The van der Waals surface area contributed by atoms with E-state index in [0.717, 1.165) is 5.56 Å². The minimum Gasteiger partial charge on any atom is -0.497 e. The molecule has 0 saturated carbocycles. The fourth-order valence-electron chi connectivity index (χ4n) is 1.75. The Morgan fingerprint density at radius 1 is 1.32 bits per heavy atom. The zero-order valence-electron chi connectivity index (χ0n) is 11.2. The zero-order chi connectivity index (χ0) is 13.8. The third kappa shape index (κ3) is 2.68. The highest BCUT2D eigenvalue weighted by atomic mass is 16.5. The van der Waals surface area contributed by atoms with E-state index >= 15 is 0 Å². The number of hydrogen-bond donors (Lipinski definition) is 1. The molecule has 0 aliphatic rings. The van der Waals surface area contributed by atoms with Gasteiger partial charge in [-0.25, -0.2) is 0 Å². The van der Waals surface area contributed by atoms with Crippen LogP contribution in [0.15, 0.2) is 22.7 Å². The van der Waals surface area contributed by atoms with Gasteiger partial charge in [-0.1, -0.05) is 12.1 Å². The number of aryl methyl sites for hydroxylation is 1. The lowest BCUT2D eigenvalue weighted by Gasteiger charge is -2.13. The number of benzene rings is 1. The molecule has 102 valence electrons. The first-order valence-electron chi connectivity index (χ1n) is 5.99. The number of methoxy groups -OCH3 is 2. The molecule has 0 spiro atoms. The molecule has 6 heteroatoms. The fraction of sp³-hybridized carbons (Fsp3) is 0.385. The molecule has 1 atom stereocenters. The Labute approximate surface area is 111 Å². The molecule has 2 N–H and O–H groups in total. The SMILES string of the molecule is CCc1nc(C(N)c2ccc(OC)cc2OC)no1. The molecule has 19 heavy (non-hydrogen) atoms. The largest absolute Gasteiger partial charge is 0.497 e. The van der Waals surface area contributed by atoms with E-state index in [1.807, 2.05) is 19.1 Å². The molecule has 0 fully saturated rings. The highest BCUT2D eigenvalue weighted by Crippen LogP contribution is 2.30. The number of ether oxygens (including phenoxy) is 2. The predicted octanol–water partition coefficient (Wildman–Crippen LogP) is 1.70. The molecule has 2 aromatic rings. The minimum atomic E-state index is -0.495. The maximum absolute atomic E-state index is 6.15. The maximum atomic E-state index is 6.15. The van der Waals surface area contributed by atoms with Crippen LogP contribution < -0.4 is 15.2 Å². The first-order valence-corrected chi connectivity index (χ1v) is 5.99. The molecule has 0 bridgehead atoms. The van der Waals surface area contributed by atoms with Gasteiger partial charge in [0.05, 0.1) is 20.3 Å². The van der Waals surface area contributed by atoms with E-state index in [-0.39, 0.29) is 0 Å². The molecular weight excluding hydrogens is 246 g/mol. The summed E-state index contributed by atoms with van der Waals surface area (Å²) in [5.74, 6) is 2.35. The van der Waals surface area contributed by atoms with Crippen molar-refractivity contribution in [2.24, 2.45) is 5.73 Å². The minimum absolute atomic E-state index is 0.445. The Kier molecular flexibility index (Phi) is 4.01. The van der Waals surface area contributed by atoms with Crippen molar-refractivity contribution >= 4 is 0 Å². The highest BCUT2D eigenvalue weighted by Gasteiger charge is 2.19. The second kappa shape index (κ2) is 5.71. The van der Waals surface area contributed by atoms with Crippen LogP contribution in [-0.4, -0.2) is 24.4 Å². The van der Waals surface area contributed by atoms with Gasteiger partial charge >= 0.3 is 0 Å². The van der Waals surface area contributed by atoms with Gasteiger partial charge in [-0.05, 0) is 12.1 Å². The molecule has 0 radical (unpaired) electrons. The van der Waals surface area contributed by atoms with Crippen LogP contribution in [0.25, 0.3) is 0 Å². The van der Waals surface area contributed by atoms with Crippen molar-refractivity contribution in [3.05, 3.63) is 35.5 Å². The summed E-state index contributed by atoms with van der Waals surface area (Å²) in [6.07, 6.45) is 0.680. The van der Waals surface area contributed by atoms with Gasteiger partial charge < -0.3 is 19.7 Å². The molecular formula is C13H17N3O3. The average molecular weight is 263 g/mol. The van der Waals surface area contributed by atoms with E-state index in [1.165, 1.54) is 0 Å². The molecule has 0 aliphatic heterocycles. The van der Waals surface area contributed by atoms with Gasteiger partial charge in [0.1, 0.15) is 11.5 Å². The van der Waals surface area contributed by atoms with Crippen LogP contribution in [0.1, 0.15) is 30.2 Å². The molecule has 1 aromatic heterocycles. The van der Waals surface area contributed by atoms with Gasteiger partial charge in [-0.3, -0.25) is 0 Å². The van der Waals surface area contributed by atoms with E-state index in [4.69, 9.17) is 19.7 Å². The summed E-state index contributed by atoms with van der Waals surface area (Å²) >= 11 is 0. The topological polar surface area (TPSA) is 83.4 Å². The predicted molar refractivity (Wildman–Crippen MR) is 69.3 cm³/mol. The summed E-state index contributed by atoms with van der Waals surface area (Å²) in [5.41, 5.74) is 6.93. The fourth-order valence-corrected chi connectivity index (χ4v) is 1.75.